The van der Waals surface area contributed by atoms with Crippen LogP contribution < -0.4 is 10.1 Å². The van der Waals surface area contributed by atoms with Crippen molar-refractivity contribution in [2.24, 2.45) is 0 Å². The number of benzene rings is 4. The summed E-state index contributed by atoms with van der Waals surface area (Å²) < 4.78 is 8.69. The van der Waals surface area contributed by atoms with Crippen LogP contribution in [0.2, 0.25) is 0 Å². The van der Waals surface area contributed by atoms with Crippen molar-refractivity contribution in [3.63, 3.8) is 0 Å². The number of anilines is 1. The molecule has 1 amide bonds. The molecule has 0 saturated heterocycles. The molecule has 7 heteroatoms. The summed E-state index contributed by atoms with van der Waals surface area (Å²) in [6.07, 6.45) is 0. The van der Waals surface area contributed by atoms with Crippen molar-refractivity contribution in [2.75, 3.05) is 5.32 Å². The lowest BCUT2D eigenvalue weighted by molar-refractivity contribution is -0.116. The van der Waals surface area contributed by atoms with Gasteiger partial charge in [-0.2, -0.15) is 0 Å². The van der Waals surface area contributed by atoms with Gasteiger partial charge in [-0.1, -0.05) is 46.3 Å². The number of amides is 1. The second-order valence-electron chi connectivity index (χ2n) is 8.12. The Hall–Kier alpha value is -4.23. The van der Waals surface area contributed by atoms with Crippen molar-refractivity contribution < 1.29 is 9.53 Å². The maximum atomic E-state index is 13.1. The Morgan fingerprint density at radius 3 is 2.29 bits per heavy atom. The van der Waals surface area contributed by atoms with Crippen LogP contribution in [-0.4, -0.2) is 20.4 Å². The number of halogens is 1. The maximum absolute atomic E-state index is 13.1. The minimum Gasteiger partial charge on any atom is -0.457 e. The third-order valence-electron chi connectivity index (χ3n) is 5.73. The summed E-state index contributed by atoms with van der Waals surface area (Å²) in [4.78, 5) is 22.8. The molecule has 6 nitrogen and oxygen atoms in total. The number of hydrogen-bond acceptors (Lipinski definition) is 4. The molecule has 0 saturated carbocycles. The average molecular weight is 523 g/mol. The van der Waals surface area contributed by atoms with E-state index in [0.29, 0.717) is 17.1 Å². The van der Waals surface area contributed by atoms with E-state index in [1.807, 2.05) is 102 Å². The Balaban J connectivity index is 1.29. The van der Waals surface area contributed by atoms with Gasteiger partial charge in [0.1, 0.15) is 23.6 Å². The second-order valence-corrected chi connectivity index (χ2v) is 9.04. The highest BCUT2D eigenvalue weighted by molar-refractivity contribution is 9.10. The summed E-state index contributed by atoms with van der Waals surface area (Å²) in [6.45, 7) is 0.108. The van der Waals surface area contributed by atoms with Crippen LogP contribution in [0.25, 0.3) is 33.1 Å². The molecular weight excluding hydrogens is 504 g/mol. The Labute approximate surface area is 209 Å². The molecule has 0 fully saturated rings. The number of carbonyl (C=O) groups is 1. The van der Waals surface area contributed by atoms with E-state index in [4.69, 9.17) is 14.7 Å². The highest BCUT2D eigenvalue weighted by atomic mass is 79.9. The number of para-hydroxylation sites is 3. The molecule has 0 atom stereocenters. The van der Waals surface area contributed by atoms with Gasteiger partial charge in [0, 0.05) is 15.5 Å². The number of fused-ring (bicyclic) bond motifs is 4. The normalized spacial score (nSPS) is 11.2. The van der Waals surface area contributed by atoms with E-state index in [1.54, 1.807) is 0 Å². The first kappa shape index (κ1) is 21.3. The largest absolute Gasteiger partial charge is 0.457 e. The molecule has 2 heterocycles. The molecule has 0 aliphatic heterocycles. The minimum absolute atomic E-state index is 0.108. The average Bonchev–Trinajstić information content (AvgIpc) is 3.16. The lowest BCUT2D eigenvalue weighted by Gasteiger charge is -2.10. The highest BCUT2D eigenvalue weighted by Crippen LogP contribution is 2.30. The first-order valence-corrected chi connectivity index (χ1v) is 11.9. The second kappa shape index (κ2) is 8.85. The minimum atomic E-state index is -0.154. The number of nitrogens with zero attached hydrogens (tertiary/aromatic N) is 3. The summed E-state index contributed by atoms with van der Waals surface area (Å²) in [5.41, 5.74) is 4.66. The maximum Gasteiger partial charge on any atom is 0.244 e. The fourth-order valence-corrected chi connectivity index (χ4v) is 4.50. The molecule has 4 aromatic carbocycles. The molecule has 6 aromatic rings. The first-order chi connectivity index (χ1) is 17.1. The SMILES string of the molecule is O=C(Cn1c2ccc(Br)cc2c2nc3ccccc3nc21)Nc1ccc(Oc2ccccc2)cc1. The van der Waals surface area contributed by atoms with E-state index in [0.717, 1.165) is 37.7 Å². The lowest BCUT2D eigenvalue weighted by Crippen LogP contribution is -2.18. The fraction of sp³-hybridized carbons (Fsp3) is 0.0357. The molecule has 170 valence electrons. The van der Waals surface area contributed by atoms with E-state index in [1.165, 1.54) is 0 Å². The molecular formula is C28H19BrN4O2. The van der Waals surface area contributed by atoms with Gasteiger partial charge in [0.05, 0.1) is 16.6 Å². The predicted octanol–water partition coefficient (Wildman–Crippen LogP) is 6.93. The van der Waals surface area contributed by atoms with Crippen molar-refractivity contribution in [1.82, 2.24) is 14.5 Å². The number of rotatable bonds is 5. The smallest absolute Gasteiger partial charge is 0.244 e. The van der Waals surface area contributed by atoms with Crippen molar-refractivity contribution >= 4 is 60.6 Å². The molecule has 0 unspecified atom stereocenters. The van der Waals surface area contributed by atoms with Crippen LogP contribution in [0.5, 0.6) is 11.5 Å². The topological polar surface area (TPSA) is 69.0 Å². The summed E-state index contributed by atoms with van der Waals surface area (Å²) in [5.74, 6) is 1.30. The fourth-order valence-electron chi connectivity index (χ4n) is 4.14. The summed E-state index contributed by atoms with van der Waals surface area (Å²) in [7, 11) is 0. The van der Waals surface area contributed by atoms with Gasteiger partial charge in [-0.05, 0) is 66.7 Å². The molecule has 6 rings (SSSR count). The van der Waals surface area contributed by atoms with Crippen LogP contribution in [0.4, 0.5) is 5.69 Å². The van der Waals surface area contributed by atoms with Crippen LogP contribution in [0.1, 0.15) is 0 Å². The number of aromatic nitrogens is 3. The number of ether oxygens (including phenoxy) is 1. The van der Waals surface area contributed by atoms with Gasteiger partial charge in [-0.25, -0.2) is 9.97 Å². The zero-order valence-corrected chi connectivity index (χ0v) is 20.1. The molecule has 2 aromatic heterocycles. The van der Waals surface area contributed by atoms with Crippen molar-refractivity contribution in [1.29, 1.82) is 0 Å². The zero-order valence-electron chi connectivity index (χ0n) is 18.5. The van der Waals surface area contributed by atoms with Crippen LogP contribution in [0.15, 0.2) is 102 Å². The summed E-state index contributed by atoms with van der Waals surface area (Å²) in [5, 5.41) is 3.92. The predicted molar refractivity (Wildman–Crippen MR) is 142 cm³/mol. The molecule has 0 aliphatic carbocycles. The molecule has 0 aliphatic rings. The van der Waals surface area contributed by atoms with Crippen LogP contribution >= 0.6 is 15.9 Å². The van der Waals surface area contributed by atoms with Crippen LogP contribution in [0, 0.1) is 0 Å². The van der Waals surface area contributed by atoms with E-state index < -0.39 is 0 Å². The number of hydrogen-bond donors (Lipinski definition) is 1. The molecule has 35 heavy (non-hydrogen) atoms. The number of carbonyl (C=O) groups excluding carboxylic acids is 1. The van der Waals surface area contributed by atoms with Gasteiger partial charge < -0.3 is 14.6 Å². The van der Waals surface area contributed by atoms with E-state index in [-0.39, 0.29) is 12.5 Å². The van der Waals surface area contributed by atoms with E-state index in [9.17, 15) is 4.79 Å². The monoisotopic (exact) mass is 522 g/mol. The van der Waals surface area contributed by atoms with Gasteiger partial charge in [0.15, 0.2) is 5.65 Å². The van der Waals surface area contributed by atoms with Crippen molar-refractivity contribution in [3.8, 4) is 11.5 Å². The molecule has 0 bridgehead atoms. The van der Waals surface area contributed by atoms with Gasteiger partial charge >= 0.3 is 0 Å². The van der Waals surface area contributed by atoms with E-state index >= 15 is 0 Å². The summed E-state index contributed by atoms with van der Waals surface area (Å²) in [6, 6.07) is 30.6. The highest BCUT2D eigenvalue weighted by Gasteiger charge is 2.17. The van der Waals surface area contributed by atoms with E-state index in [2.05, 4.69) is 21.2 Å². The van der Waals surface area contributed by atoms with Crippen LogP contribution in [0.3, 0.4) is 0 Å². The van der Waals surface area contributed by atoms with Crippen molar-refractivity contribution in [3.05, 3.63) is 102 Å². The Morgan fingerprint density at radius 1 is 0.829 bits per heavy atom. The Bertz CT molecular complexity index is 1700. The molecule has 0 radical (unpaired) electrons. The lowest BCUT2D eigenvalue weighted by atomic mass is 10.2. The Morgan fingerprint density at radius 2 is 1.51 bits per heavy atom. The molecule has 1 N–H and O–H groups in total. The van der Waals surface area contributed by atoms with Gasteiger partial charge in [0.25, 0.3) is 0 Å². The third kappa shape index (κ3) is 4.22. The van der Waals surface area contributed by atoms with Gasteiger partial charge in [-0.15, -0.1) is 0 Å². The van der Waals surface area contributed by atoms with Crippen LogP contribution in [-0.2, 0) is 11.3 Å². The zero-order chi connectivity index (χ0) is 23.8. The van der Waals surface area contributed by atoms with Crippen molar-refractivity contribution in [2.45, 2.75) is 6.54 Å². The molecule has 0 spiro atoms. The summed E-state index contributed by atoms with van der Waals surface area (Å²) >= 11 is 3.55. The first-order valence-electron chi connectivity index (χ1n) is 11.1. The standard InChI is InChI=1S/C28H19BrN4O2/c29-18-10-15-25-22(16-18)27-28(32-24-9-5-4-8-23(24)31-27)33(25)17-26(34)30-19-11-13-21(14-12-19)35-20-6-2-1-3-7-20/h1-16H,17H2,(H,30,34). The quantitative estimate of drug-likeness (QED) is 0.266. The van der Waals surface area contributed by atoms with Gasteiger partial charge in [0.2, 0.25) is 5.91 Å². The third-order valence-corrected chi connectivity index (χ3v) is 6.22. The number of nitrogens with one attached hydrogen (secondary N) is 1. The Kier molecular flexibility index (Phi) is 5.39. The van der Waals surface area contributed by atoms with Gasteiger partial charge in [-0.3, -0.25) is 4.79 Å².